The van der Waals surface area contributed by atoms with Crippen molar-refractivity contribution in [1.82, 2.24) is 4.90 Å². The summed E-state index contributed by atoms with van der Waals surface area (Å²) >= 11 is 0. The number of carbonyl (C=O) groups is 2. The van der Waals surface area contributed by atoms with E-state index in [1.54, 1.807) is 6.92 Å². The maximum atomic E-state index is 11.9. The van der Waals surface area contributed by atoms with Crippen LogP contribution >= 0.6 is 0 Å². The summed E-state index contributed by atoms with van der Waals surface area (Å²) in [4.78, 5) is 25.5. The Morgan fingerprint density at radius 2 is 2.17 bits per heavy atom. The van der Waals surface area contributed by atoms with Crippen LogP contribution in [0.15, 0.2) is 0 Å². The average Bonchev–Trinajstić information content (AvgIpc) is 2.73. The summed E-state index contributed by atoms with van der Waals surface area (Å²) in [6.45, 7) is 2.43. The molecule has 1 N–H and O–H groups in total. The van der Waals surface area contributed by atoms with E-state index >= 15 is 0 Å². The fraction of sp³-hybridized carbons (Fsp3) is 0.846. The van der Waals surface area contributed by atoms with Gasteiger partial charge in [0, 0.05) is 13.0 Å². The van der Waals surface area contributed by atoms with Gasteiger partial charge in [0.2, 0.25) is 5.91 Å². The Labute approximate surface area is 106 Å². The lowest BCUT2D eigenvalue weighted by Crippen LogP contribution is -2.55. The molecular weight excluding hydrogens is 234 g/mol. The second-order valence-corrected chi connectivity index (χ2v) is 5.71. The zero-order valence-electron chi connectivity index (χ0n) is 10.6. The molecule has 3 rings (SSSR count). The van der Waals surface area contributed by atoms with Gasteiger partial charge < -0.3 is 14.7 Å². The first kappa shape index (κ1) is 12.0. The van der Waals surface area contributed by atoms with E-state index in [9.17, 15) is 14.7 Å². The van der Waals surface area contributed by atoms with Crippen molar-refractivity contribution in [3.8, 4) is 0 Å². The van der Waals surface area contributed by atoms with E-state index in [-0.39, 0.29) is 17.9 Å². The lowest BCUT2D eigenvalue weighted by Gasteiger charge is -2.39. The summed E-state index contributed by atoms with van der Waals surface area (Å²) < 4.78 is 5.57. The van der Waals surface area contributed by atoms with Crippen LogP contribution in [0.2, 0.25) is 0 Å². The van der Waals surface area contributed by atoms with Crippen molar-refractivity contribution in [2.24, 2.45) is 5.92 Å². The molecule has 0 aromatic carbocycles. The van der Waals surface area contributed by atoms with Gasteiger partial charge in [-0.2, -0.15) is 0 Å². The van der Waals surface area contributed by atoms with Crippen LogP contribution in [0.3, 0.4) is 0 Å². The standard InChI is InChI=1S/C13H19NO4/c1-8-11(16)13(18-12(8)17)6-2-3-7-14-9(13)4-5-10(14)15/h8-9,11,16H,2-7H2,1H3/t8-,9-,11-,13+/m1/s1. The van der Waals surface area contributed by atoms with E-state index in [4.69, 9.17) is 4.74 Å². The number of fused-ring (bicyclic) bond motifs is 2. The van der Waals surface area contributed by atoms with E-state index in [2.05, 4.69) is 0 Å². The van der Waals surface area contributed by atoms with Crippen molar-refractivity contribution in [3.05, 3.63) is 0 Å². The van der Waals surface area contributed by atoms with Crippen LogP contribution in [0, 0.1) is 5.92 Å². The molecule has 3 heterocycles. The van der Waals surface area contributed by atoms with Crippen LogP contribution in [0.5, 0.6) is 0 Å². The van der Waals surface area contributed by atoms with Crippen molar-refractivity contribution in [2.75, 3.05) is 6.54 Å². The third kappa shape index (κ3) is 1.43. The van der Waals surface area contributed by atoms with Gasteiger partial charge in [0.1, 0.15) is 6.10 Å². The second-order valence-electron chi connectivity index (χ2n) is 5.71. The summed E-state index contributed by atoms with van der Waals surface area (Å²) in [7, 11) is 0. The highest BCUT2D eigenvalue weighted by molar-refractivity contribution is 5.80. The van der Waals surface area contributed by atoms with E-state index in [1.165, 1.54) is 0 Å². The van der Waals surface area contributed by atoms with Crippen LogP contribution in [-0.2, 0) is 14.3 Å². The first-order chi connectivity index (χ1) is 8.56. The number of carbonyl (C=O) groups excluding carboxylic acids is 2. The summed E-state index contributed by atoms with van der Waals surface area (Å²) in [6, 6.07) is -0.128. The molecule has 4 atom stereocenters. The highest BCUT2D eigenvalue weighted by Crippen LogP contribution is 2.45. The smallest absolute Gasteiger partial charge is 0.312 e. The maximum absolute atomic E-state index is 11.9. The van der Waals surface area contributed by atoms with Gasteiger partial charge >= 0.3 is 5.97 Å². The van der Waals surface area contributed by atoms with Gasteiger partial charge in [-0.05, 0) is 32.6 Å². The Bertz CT molecular complexity index is 396. The molecule has 0 bridgehead atoms. The molecule has 1 amide bonds. The third-order valence-corrected chi connectivity index (χ3v) is 4.75. The Kier molecular flexibility index (Phi) is 2.62. The van der Waals surface area contributed by atoms with Gasteiger partial charge in [0.25, 0.3) is 0 Å². The predicted octanol–water partition coefficient (Wildman–Crippen LogP) is 0.454. The maximum Gasteiger partial charge on any atom is 0.312 e. The number of esters is 1. The molecule has 5 nitrogen and oxygen atoms in total. The SMILES string of the molecule is C[C@H]1C(=O)O[C@]2(CCCCN3C(=O)CC[C@@H]32)[C@@H]1O. The number of amides is 1. The Hall–Kier alpha value is -1.10. The van der Waals surface area contributed by atoms with E-state index in [0.29, 0.717) is 19.3 Å². The largest absolute Gasteiger partial charge is 0.454 e. The van der Waals surface area contributed by atoms with E-state index in [0.717, 1.165) is 19.4 Å². The van der Waals surface area contributed by atoms with Gasteiger partial charge in [-0.3, -0.25) is 9.59 Å². The summed E-state index contributed by atoms with van der Waals surface area (Å²) in [5.74, 6) is -0.687. The Morgan fingerprint density at radius 3 is 2.83 bits per heavy atom. The predicted molar refractivity (Wildman–Crippen MR) is 62.6 cm³/mol. The molecule has 18 heavy (non-hydrogen) atoms. The molecule has 3 aliphatic rings. The zero-order chi connectivity index (χ0) is 12.9. The summed E-state index contributed by atoms with van der Waals surface area (Å²) in [5.41, 5.74) is -0.848. The molecule has 0 aliphatic carbocycles. The molecule has 5 heteroatoms. The van der Waals surface area contributed by atoms with Crippen molar-refractivity contribution < 1.29 is 19.4 Å². The molecule has 100 valence electrons. The highest BCUT2D eigenvalue weighted by atomic mass is 16.6. The van der Waals surface area contributed by atoms with E-state index < -0.39 is 17.6 Å². The quantitative estimate of drug-likeness (QED) is 0.637. The van der Waals surface area contributed by atoms with Crippen LogP contribution in [0.4, 0.5) is 0 Å². The summed E-state index contributed by atoms with van der Waals surface area (Å²) in [5, 5.41) is 10.4. The second kappa shape index (κ2) is 3.95. The lowest BCUT2D eigenvalue weighted by molar-refractivity contribution is -0.161. The monoisotopic (exact) mass is 253 g/mol. The minimum absolute atomic E-state index is 0.128. The number of aliphatic hydroxyl groups excluding tert-OH is 1. The molecule has 1 spiro atoms. The number of ether oxygens (including phenoxy) is 1. The van der Waals surface area contributed by atoms with Gasteiger partial charge in [-0.1, -0.05) is 0 Å². The van der Waals surface area contributed by atoms with Gasteiger partial charge in [0.15, 0.2) is 5.60 Å². The minimum Gasteiger partial charge on any atom is -0.454 e. The van der Waals surface area contributed by atoms with Crippen molar-refractivity contribution in [3.63, 3.8) is 0 Å². The molecule has 3 fully saturated rings. The normalized spacial score (nSPS) is 44.1. The minimum atomic E-state index is -0.848. The molecule has 0 radical (unpaired) electrons. The zero-order valence-corrected chi connectivity index (χ0v) is 10.6. The van der Waals surface area contributed by atoms with Gasteiger partial charge in [-0.25, -0.2) is 0 Å². The van der Waals surface area contributed by atoms with Crippen LogP contribution < -0.4 is 0 Å². The van der Waals surface area contributed by atoms with Crippen LogP contribution in [-0.4, -0.2) is 46.2 Å². The number of hydrogen-bond acceptors (Lipinski definition) is 4. The molecule has 0 aromatic rings. The van der Waals surface area contributed by atoms with Crippen molar-refractivity contribution in [2.45, 2.75) is 56.8 Å². The first-order valence-electron chi connectivity index (χ1n) is 6.76. The topological polar surface area (TPSA) is 66.8 Å². The molecule has 0 aromatic heterocycles. The van der Waals surface area contributed by atoms with Crippen molar-refractivity contribution >= 4 is 11.9 Å². The number of nitrogens with zero attached hydrogens (tertiary/aromatic N) is 1. The summed E-state index contributed by atoms with van der Waals surface area (Å²) in [6.07, 6.45) is 2.88. The molecule has 3 aliphatic heterocycles. The third-order valence-electron chi connectivity index (χ3n) is 4.75. The highest BCUT2D eigenvalue weighted by Gasteiger charge is 2.61. The molecule has 0 unspecified atom stereocenters. The van der Waals surface area contributed by atoms with Gasteiger partial charge in [-0.15, -0.1) is 0 Å². The average molecular weight is 253 g/mol. The molecule has 3 saturated heterocycles. The first-order valence-corrected chi connectivity index (χ1v) is 6.76. The number of hydrogen-bond donors (Lipinski definition) is 1. The van der Waals surface area contributed by atoms with Gasteiger partial charge in [0.05, 0.1) is 12.0 Å². The number of rotatable bonds is 0. The van der Waals surface area contributed by atoms with Crippen LogP contribution in [0.1, 0.15) is 39.0 Å². The number of aliphatic hydroxyl groups is 1. The Balaban J connectivity index is 1.99. The fourth-order valence-electron chi connectivity index (χ4n) is 3.73. The van der Waals surface area contributed by atoms with Crippen molar-refractivity contribution in [1.29, 1.82) is 0 Å². The fourth-order valence-corrected chi connectivity index (χ4v) is 3.73. The molecular formula is C13H19NO4. The lowest BCUT2D eigenvalue weighted by atomic mass is 9.80. The van der Waals surface area contributed by atoms with E-state index in [1.807, 2.05) is 4.90 Å². The van der Waals surface area contributed by atoms with Crippen LogP contribution in [0.25, 0.3) is 0 Å². The Morgan fingerprint density at radius 1 is 1.39 bits per heavy atom. The molecule has 0 saturated carbocycles.